The van der Waals surface area contributed by atoms with Crippen LogP contribution in [0.15, 0.2) is 0 Å². The number of hydrogen-bond acceptors (Lipinski definition) is 2. The van der Waals surface area contributed by atoms with Gasteiger partial charge in [-0.1, -0.05) is 6.92 Å². The van der Waals surface area contributed by atoms with Gasteiger partial charge < -0.3 is 10.1 Å². The molecule has 1 rings (SSSR count). The Morgan fingerprint density at radius 1 is 1.45 bits per heavy atom. The summed E-state index contributed by atoms with van der Waals surface area (Å²) >= 11 is 0. The Balaban J connectivity index is 2.41. The largest absolute Gasteiger partial charge is 0.377 e. The minimum absolute atomic E-state index is 0.367. The summed E-state index contributed by atoms with van der Waals surface area (Å²) in [7, 11) is 0. The summed E-state index contributed by atoms with van der Waals surface area (Å²) in [4.78, 5) is 0. The van der Waals surface area contributed by atoms with E-state index < -0.39 is 0 Å². The van der Waals surface area contributed by atoms with Crippen LogP contribution in [0.5, 0.6) is 0 Å². The van der Waals surface area contributed by atoms with Gasteiger partial charge in [0.1, 0.15) is 0 Å². The molecule has 0 amide bonds. The van der Waals surface area contributed by atoms with E-state index in [1.807, 2.05) is 0 Å². The van der Waals surface area contributed by atoms with Crippen molar-refractivity contribution in [3.63, 3.8) is 0 Å². The first-order chi connectivity index (χ1) is 5.24. The second-order valence-corrected chi connectivity index (χ2v) is 3.43. The van der Waals surface area contributed by atoms with E-state index in [0.717, 1.165) is 13.0 Å². The van der Waals surface area contributed by atoms with Crippen LogP contribution in [0.25, 0.3) is 0 Å². The molecule has 0 saturated carbocycles. The highest BCUT2D eigenvalue weighted by Gasteiger charge is 2.20. The monoisotopic (exact) mass is 157 g/mol. The van der Waals surface area contributed by atoms with Crippen molar-refractivity contribution in [1.29, 1.82) is 0 Å². The van der Waals surface area contributed by atoms with Crippen LogP contribution in [0.4, 0.5) is 0 Å². The third kappa shape index (κ3) is 2.46. The second-order valence-electron chi connectivity index (χ2n) is 3.43. The van der Waals surface area contributed by atoms with Gasteiger partial charge in [-0.3, -0.25) is 0 Å². The summed E-state index contributed by atoms with van der Waals surface area (Å²) in [6.07, 6.45) is 2.73. The third-order valence-corrected chi connectivity index (χ3v) is 2.54. The Kier molecular flexibility index (Phi) is 3.34. The average Bonchev–Trinajstić information content (AvgIpc) is 2.15. The SMILES string of the molecule is CCC1CCOC(C)C(C)N1. The van der Waals surface area contributed by atoms with Crippen molar-refractivity contribution in [3.05, 3.63) is 0 Å². The van der Waals surface area contributed by atoms with Gasteiger partial charge in [0.05, 0.1) is 6.10 Å². The highest BCUT2D eigenvalue weighted by molar-refractivity contribution is 4.77. The minimum atomic E-state index is 0.367. The minimum Gasteiger partial charge on any atom is -0.377 e. The Bertz CT molecular complexity index is 116. The van der Waals surface area contributed by atoms with Crippen molar-refractivity contribution >= 4 is 0 Å². The molecule has 3 unspecified atom stereocenters. The average molecular weight is 157 g/mol. The quantitative estimate of drug-likeness (QED) is 0.623. The molecule has 66 valence electrons. The molecule has 0 aromatic rings. The summed E-state index contributed by atoms with van der Waals surface area (Å²) in [6.45, 7) is 7.46. The van der Waals surface area contributed by atoms with E-state index in [4.69, 9.17) is 4.74 Å². The number of hydrogen-bond donors (Lipinski definition) is 1. The molecular formula is C9H19NO. The summed E-state index contributed by atoms with van der Waals surface area (Å²) in [5.41, 5.74) is 0. The van der Waals surface area contributed by atoms with Gasteiger partial charge in [0, 0.05) is 18.7 Å². The van der Waals surface area contributed by atoms with Crippen molar-refractivity contribution in [3.8, 4) is 0 Å². The highest BCUT2D eigenvalue weighted by atomic mass is 16.5. The Morgan fingerprint density at radius 3 is 2.82 bits per heavy atom. The number of ether oxygens (including phenoxy) is 1. The van der Waals surface area contributed by atoms with E-state index in [2.05, 4.69) is 26.1 Å². The lowest BCUT2D eigenvalue weighted by Gasteiger charge is -2.20. The van der Waals surface area contributed by atoms with E-state index in [0.29, 0.717) is 18.2 Å². The van der Waals surface area contributed by atoms with Gasteiger partial charge in [-0.2, -0.15) is 0 Å². The molecule has 0 bridgehead atoms. The van der Waals surface area contributed by atoms with E-state index in [1.54, 1.807) is 0 Å². The normalized spacial score (nSPS) is 40.1. The van der Waals surface area contributed by atoms with Crippen molar-refractivity contribution in [2.24, 2.45) is 0 Å². The molecule has 1 saturated heterocycles. The molecule has 1 aliphatic rings. The molecule has 2 nitrogen and oxygen atoms in total. The predicted molar refractivity (Wildman–Crippen MR) is 46.7 cm³/mol. The lowest BCUT2D eigenvalue weighted by atomic mass is 10.1. The van der Waals surface area contributed by atoms with Crippen molar-refractivity contribution in [2.45, 2.75) is 51.8 Å². The van der Waals surface area contributed by atoms with Crippen LogP contribution in [-0.4, -0.2) is 24.8 Å². The smallest absolute Gasteiger partial charge is 0.0697 e. The van der Waals surface area contributed by atoms with Gasteiger partial charge in [0.25, 0.3) is 0 Å². The molecule has 1 N–H and O–H groups in total. The van der Waals surface area contributed by atoms with Crippen LogP contribution >= 0.6 is 0 Å². The van der Waals surface area contributed by atoms with Crippen LogP contribution in [0.1, 0.15) is 33.6 Å². The molecule has 1 aliphatic heterocycles. The molecule has 0 aromatic heterocycles. The summed E-state index contributed by atoms with van der Waals surface area (Å²) in [5, 5.41) is 3.55. The number of rotatable bonds is 1. The lowest BCUT2D eigenvalue weighted by molar-refractivity contribution is 0.0604. The van der Waals surface area contributed by atoms with E-state index in [-0.39, 0.29) is 0 Å². The predicted octanol–water partition coefficient (Wildman–Crippen LogP) is 1.55. The van der Waals surface area contributed by atoms with Crippen LogP contribution in [0.3, 0.4) is 0 Å². The van der Waals surface area contributed by atoms with E-state index in [9.17, 15) is 0 Å². The molecule has 1 fully saturated rings. The maximum atomic E-state index is 5.58. The van der Waals surface area contributed by atoms with Crippen molar-refractivity contribution in [1.82, 2.24) is 5.32 Å². The Morgan fingerprint density at radius 2 is 2.18 bits per heavy atom. The maximum absolute atomic E-state index is 5.58. The summed E-state index contributed by atoms with van der Waals surface area (Å²) in [5.74, 6) is 0. The van der Waals surface area contributed by atoms with Gasteiger partial charge in [-0.15, -0.1) is 0 Å². The van der Waals surface area contributed by atoms with Crippen LogP contribution < -0.4 is 5.32 Å². The highest BCUT2D eigenvalue weighted by Crippen LogP contribution is 2.09. The van der Waals surface area contributed by atoms with Crippen molar-refractivity contribution in [2.75, 3.05) is 6.61 Å². The number of nitrogens with one attached hydrogen (secondary N) is 1. The standard InChI is InChI=1S/C9H19NO/c1-4-9-5-6-11-8(3)7(2)10-9/h7-10H,4-6H2,1-3H3. The molecule has 11 heavy (non-hydrogen) atoms. The fourth-order valence-corrected chi connectivity index (χ4v) is 1.45. The zero-order chi connectivity index (χ0) is 8.27. The first kappa shape index (κ1) is 9.01. The molecule has 0 aromatic carbocycles. The zero-order valence-corrected chi connectivity index (χ0v) is 7.76. The topological polar surface area (TPSA) is 21.3 Å². The van der Waals surface area contributed by atoms with Gasteiger partial charge in [-0.05, 0) is 26.7 Å². The third-order valence-electron chi connectivity index (χ3n) is 2.54. The van der Waals surface area contributed by atoms with Gasteiger partial charge in [0.15, 0.2) is 0 Å². The first-order valence-electron chi connectivity index (χ1n) is 4.61. The van der Waals surface area contributed by atoms with Gasteiger partial charge in [0.2, 0.25) is 0 Å². The van der Waals surface area contributed by atoms with E-state index >= 15 is 0 Å². The van der Waals surface area contributed by atoms with Crippen LogP contribution in [0, 0.1) is 0 Å². The van der Waals surface area contributed by atoms with Crippen LogP contribution in [-0.2, 0) is 4.74 Å². The first-order valence-corrected chi connectivity index (χ1v) is 4.61. The fraction of sp³-hybridized carbons (Fsp3) is 1.00. The van der Waals surface area contributed by atoms with E-state index in [1.165, 1.54) is 6.42 Å². The molecule has 0 aliphatic carbocycles. The Labute approximate surface area is 69.3 Å². The van der Waals surface area contributed by atoms with Crippen LogP contribution in [0.2, 0.25) is 0 Å². The molecule has 1 heterocycles. The zero-order valence-electron chi connectivity index (χ0n) is 7.76. The maximum Gasteiger partial charge on any atom is 0.0697 e. The molecule has 3 atom stereocenters. The summed E-state index contributed by atoms with van der Waals surface area (Å²) in [6, 6.07) is 1.16. The molecule has 2 heteroatoms. The molecular weight excluding hydrogens is 138 g/mol. The lowest BCUT2D eigenvalue weighted by Crippen LogP contribution is -2.40. The summed E-state index contributed by atoms with van der Waals surface area (Å²) < 4.78 is 5.58. The second kappa shape index (κ2) is 4.07. The van der Waals surface area contributed by atoms with Gasteiger partial charge in [-0.25, -0.2) is 0 Å². The fourth-order valence-electron chi connectivity index (χ4n) is 1.45. The molecule has 0 spiro atoms. The van der Waals surface area contributed by atoms with Gasteiger partial charge >= 0.3 is 0 Å². The van der Waals surface area contributed by atoms with Crippen molar-refractivity contribution < 1.29 is 4.74 Å². The Hall–Kier alpha value is -0.0800. The molecule has 0 radical (unpaired) electrons.